The minimum atomic E-state index is -1.17. The number of amides is 4. The van der Waals surface area contributed by atoms with Crippen molar-refractivity contribution < 1.29 is 23.9 Å². The Labute approximate surface area is 216 Å². The Hall–Kier alpha value is -3.70. The molecule has 1 aliphatic heterocycles. The summed E-state index contributed by atoms with van der Waals surface area (Å²) in [5, 5.41) is 6.99. The van der Waals surface area contributed by atoms with E-state index in [1.165, 1.54) is 12.5 Å². The number of urea groups is 1. The average molecular weight is 525 g/mol. The van der Waals surface area contributed by atoms with Crippen LogP contribution in [0.4, 0.5) is 9.93 Å². The van der Waals surface area contributed by atoms with Crippen molar-refractivity contribution in [3.05, 3.63) is 76.8 Å². The number of methoxy groups -OCH3 is 1. The van der Waals surface area contributed by atoms with Gasteiger partial charge in [-0.25, -0.2) is 19.5 Å². The first-order valence-electron chi connectivity index (χ1n) is 11.0. The predicted octanol–water partition coefficient (Wildman–Crippen LogP) is 4.06. The van der Waals surface area contributed by atoms with Gasteiger partial charge in [0.1, 0.15) is 12.1 Å². The fourth-order valence-corrected chi connectivity index (χ4v) is 5.09. The molecule has 36 heavy (non-hydrogen) atoms. The zero-order valence-corrected chi connectivity index (χ0v) is 21.4. The van der Waals surface area contributed by atoms with Crippen LogP contribution < -0.4 is 10.6 Å². The highest BCUT2D eigenvalue weighted by Gasteiger charge is 2.47. The largest absolute Gasteiger partial charge is 0.464 e. The van der Waals surface area contributed by atoms with Crippen molar-refractivity contribution in [1.82, 2.24) is 15.2 Å². The van der Waals surface area contributed by atoms with Gasteiger partial charge in [0.2, 0.25) is 5.91 Å². The molecule has 3 unspecified atom stereocenters. The zero-order chi connectivity index (χ0) is 25.8. The van der Waals surface area contributed by atoms with Gasteiger partial charge in [-0.05, 0) is 29.5 Å². The number of ether oxygens (including phenoxy) is 1. The fourth-order valence-electron chi connectivity index (χ4n) is 4.00. The first-order chi connectivity index (χ1) is 17.3. The van der Waals surface area contributed by atoms with Crippen molar-refractivity contribution in [2.75, 3.05) is 18.7 Å². The minimum Gasteiger partial charge on any atom is -0.464 e. The maximum Gasteiger partial charge on any atom is 0.357 e. The molecule has 4 rings (SSSR count). The van der Waals surface area contributed by atoms with Crippen LogP contribution in [0.15, 0.2) is 64.9 Å². The lowest BCUT2D eigenvalue weighted by Gasteiger charge is -2.29. The molecule has 11 heteroatoms. The zero-order valence-electron chi connectivity index (χ0n) is 19.8. The summed E-state index contributed by atoms with van der Waals surface area (Å²) in [5.74, 6) is -2.28. The van der Waals surface area contributed by atoms with Gasteiger partial charge in [-0.3, -0.25) is 9.59 Å². The van der Waals surface area contributed by atoms with Crippen LogP contribution in [0, 0.1) is 0 Å². The fraction of sp³-hybridized carbons (Fsp3) is 0.240. The Balaban J connectivity index is 1.65. The molecule has 0 radical (unpaired) electrons. The van der Waals surface area contributed by atoms with Crippen molar-refractivity contribution in [2.24, 2.45) is 0 Å². The number of imide groups is 1. The molecule has 2 N–H and O–H groups in total. The summed E-state index contributed by atoms with van der Waals surface area (Å²) in [6.45, 7) is 1.78. The summed E-state index contributed by atoms with van der Waals surface area (Å²) in [7, 11) is 1.24. The minimum absolute atomic E-state index is 0.0502. The number of carbonyl (C=O) groups excluding carboxylic acids is 4. The third kappa shape index (κ3) is 5.12. The lowest BCUT2D eigenvalue weighted by Crippen LogP contribution is -2.50. The number of hydrogen-bond acceptors (Lipinski definition) is 8. The van der Waals surface area contributed by atoms with Gasteiger partial charge in [0.05, 0.1) is 7.11 Å². The summed E-state index contributed by atoms with van der Waals surface area (Å²) in [4.78, 5) is 58.0. The van der Waals surface area contributed by atoms with E-state index in [9.17, 15) is 19.2 Å². The van der Waals surface area contributed by atoms with E-state index in [1.54, 1.807) is 30.8 Å². The highest BCUT2D eigenvalue weighted by Crippen LogP contribution is 2.32. The number of esters is 1. The molecule has 2 aromatic carbocycles. The summed E-state index contributed by atoms with van der Waals surface area (Å²) >= 11 is 2.61. The van der Waals surface area contributed by atoms with E-state index in [0.29, 0.717) is 5.56 Å². The first-order valence-corrected chi connectivity index (χ1v) is 13.1. The van der Waals surface area contributed by atoms with Gasteiger partial charge in [-0.1, -0.05) is 49.4 Å². The molecule has 2 heterocycles. The van der Waals surface area contributed by atoms with Gasteiger partial charge >= 0.3 is 12.0 Å². The molecule has 1 saturated heterocycles. The summed E-state index contributed by atoms with van der Waals surface area (Å²) in [6, 6.07) is 13.8. The van der Waals surface area contributed by atoms with E-state index in [4.69, 9.17) is 0 Å². The van der Waals surface area contributed by atoms with E-state index >= 15 is 0 Å². The van der Waals surface area contributed by atoms with Crippen LogP contribution in [0.25, 0.3) is 0 Å². The molecular formula is C25H24N4O5S2. The first kappa shape index (κ1) is 25.4. The van der Waals surface area contributed by atoms with E-state index in [1.807, 2.05) is 48.7 Å². The van der Waals surface area contributed by atoms with E-state index in [2.05, 4.69) is 20.4 Å². The van der Waals surface area contributed by atoms with E-state index in [-0.39, 0.29) is 10.8 Å². The average Bonchev–Trinajstić information content (AvgIpc) is 3.48. The van der Waals surface area contributed by atoms with Crippen LogP contribution in [-0.2, 0) is 14.3 Å². The number of rotatable bonds is 8. The van der Waals surface area contributed by atoms with E-state index in [0.717, 1.165) is 26.7 Å². The highest BCUT2D eigenvalue weighted by atomic mass is 32.2. The molecule has 186 valence electrons. The standard InChI is InChI=1S/C25H24N4O5S2/c1-14(15-7-5-4-6-8-15)20(21(30)28-24-26-18(13-36-24)23(32)34-2)29-22(31)19(27-25(29)33)16-9-11-17(35-3)12-10-16/h4-14,19-20H,1-3H3,(H,27,33)(H,26,28,30). The maximum absolute atomic E-state index is 13.5. The summed E-state index contributed by atoms with van der Waals surface area (Å²) < 4.78 is 4.66. The number of aromatic nitrogens is 1. The van der Waals surface area contributed by atoms with Crippen molar-refractivity contribution in [3.8, 4) is 0 Å². The number of thiazole rings is 1. The third-order valence-corrected chi connectivity index (χ3v) is 7.40. The van der Waals surface area contributed by atoms with Crippen molar-refractivity contribution in [1.29, 1.82) is 0 Å². The third-order valence-electron chi connectivity index (χ3n) is 5.89. The van der Waals surface area contributed by atoms with Gasteiger partial charge < -0.3 is 15.4 Å². The lowest BCUT2D eigenvalue weighted by molar-refractivity contribution is -0.134. The predicted molar refractivity (Wildman–Crippen MR) is 137 cm³/mol. The van der Waals surface area contributed by atoms with Crippen molar-refractivity contribution in [3.63, 3.8) is 0 Å². The maximum atomic E-state index is 13.5. The number of nitrogens with zero attached hydrogens (tertiary/aromatic N) is 2. The normalized spacial score (nSPS) is 16.9. The molecule has 3 aromatic rings. The summed E-state index contributed by atoms with van der Waals surface area (Å²) in [6.07, 6.45) is 1.95. The number of benzene rings is 2. The molecule has 1 aromatic heterocycles. The van der Waals surface area contributed by atoms with Crippen LogP contribution in [0.3, 0.4) is 0 Å². The van der Waals surface area contributed by atoms with E-state index < -0.39 is 41.8 Å². The molecule has 9 nitrogen and oxygen atoms in total. The Morgan fingerprint density at radius 3 is 2.47 bits per heavy atom. The second kappa shape index (κ2) is 10.9. The van der Waals surface area contributed by atoms with Crippen molar-refractivity contribution >= 4 is 52.0 Å². The van der Waals surface area contributed by atoms with Crippen LogP contribution >= 0.6 is 23.1 Å². The molecule has 1 fully saturated rings. The molecular weight excluding hydrogens is 500 g/mol. The molecule has 3 atom stereocenters. The topological polar surface area (TPSA) is 118 Å². The molecule has 1 aliphatic rings. The van der Waals surface area contributed by atoms with Crippen LogP contribution in [0.5, 0.6) is 0 Å². The number of carbonyl (C=O) groups is 4. The SMILES string of the molecule is COC(=O)c1csc(NC(=O)C(C(C)c2ccccc2)N2C(=O)NC(c3ccc(SC)cc3)C2=O)n1. The highest BCUT2D eigenvalue weighted by molar-refractivity contribution is 7.98. The van der Waals surface area contributed by atoms with Gasteiger partial charge in [0, 0.05) is 16.2 Å². The number of nitrogens with one attached hydrogen (secondary N) is 2. The lowest BCUT2D eigenvalue weighted by atomic mass is 9.91. The van der Waals surface area contributed by atoms with Gasteiger partial charge in [0.25, 0.3) is 5.91 Å². The smallest absolute Gasteiger partial charge is 0.357 e. The number of anilines is 1. The monoisotopic (exact) mass is 524 g/mol. The number of hydrogen-bond donors (Lipinski definition) is 2. The Morgan fingerprint density at radius 1 is 1.14 bits per heavy atom. The quantitative estimate of drug-likeness (QED) is 0.259. The molecule has 0 saturated carbocycles. The Bertz CT molecular complexity index is 1280. The van der Waals surface area contributed by atoms with Crippen LogP contribution in [0.1, 0.15) is 40.5 Å². The molecule has 0 bridgehead atoms. The number of thioether (sulfide) groups is 1. The molecule has 0 spiro atoms. The Morgan fingerprint density at radius 2 is 1.83 bits per heavy atom. The molecule has 0 aliphatic carbocycles. The van der Waals surface area contributed by atoms with Gasteiger partial charge in [-0.2, -0.15) is 0 Å². The van der Waals surface area contributed by atoms with Crippen LogP contribution in [-0.4, -0.2) is 53.1 Å². The second-order valence-corrected chi connectivity index (χ2v) is 9.76. The van der Waals surface area contributed by atoms with Gasteiger partial charge in [-0.15, -0.1) is 23.1 Å². The van der Waals surface area contributed by atoms with Crippen molar-refractivity contribution in [2.45, 2.75) is 29.8 Å². The van der Waals surface area contributed by atoms with Crippen LogP contribution in [0.2, 0.25) is 0 Å². The van der Waals surface area contributed by atoms with Gasteiger partial charge in [0.15, 0.2) is 10.8 Å². The molecule has 4 amide bonds. The summed E-state index contributed by atoms with van der Waals surface area (Å²) in [5.41, 5.74) is 1.46. The Kier molecular flexibility index (Phi) is 7.70. The second-order valence-electron chi connectivity index (χ2n) is 8.03.